The lowest BCUT2D eigenvalue weighted by molar-refractivity contribution is -0.274. The Bertz CT molecular complexity index is 1330. The van der Waals surface area contributed by atoms with Gasteiger partial charge in [0.15, 0.2) is 0 Å². The maximum atomic E-state index is 13.9. The highest BCUT2D eigenvalue weighted by Crippen LogP contribution is 2.41. The highest BCUT2D eigenvalue weighted by molar-refractivity contribution is 5.95. The van der Waals surface area contributed by atoms with Gasteiger partial charge >= 0.3 is 12.5 Å². The molecule has 10 nitrogen and oxygen atoms in total. The van der Waals surface area contributed by atoms with E-state index in [-0.39, 0.29) is 50.2 Å². The number of aliphatic hydroxyl groups is 2. The summed E-state index contributed by atoms with van der Waals surface area (Å²) in [5.41, 5.74) is -0.489. The second-order valence-corrected chi connectivity index (χ2v) is 9.90. The van der Waals surface area contributed by atoms with E-state index in [0.29, 0.717) is 5.56 Å². The fourth-order valence-electron chi connectivity index (χ4n) is 4.83. The van der Waals surface area contributed by atoms with Crippen LogP contribution in [0.5, 0.6) is 11.5 Å². The summed E-state index contributed by atoms with van der Waals surface area (Å²) < 4.78 is 93.3. The molecular formula is C27H30F6N4O6. The Morgan fingerprint density at radius 1 is 0.977 bits per heavy atom. The smallest absolute Gasteiger partial charge is 0.452 e. The van der Waals surface area contributed by atoms with Gasteiger partial charge in [0.1, 0.15) is 23.0 Å². The molecule has 1 amide bonds. The van der Waals surface area contributed by atoms with Crippen molar-refractivity contribution in [1.29, 1.82) is 0 Å². The fourth-order valence-corrected chi connectivity index (χ4v) is 4.83. The van der Waals surface area contributed by atoms with Gasteiger partial charge in [-0.2, -0.15) is 13.2 Å². The van der Waals surface area contributed by atoms with E-state index in [1.165, 1.54) is 60.0 Å². The molecule has 2 aliphatic rings. The van der Waals surface area contributed by atoms with Crippen LogP contribution in [0.4, 0.5) is 26.3 Å². The lowest BCUT2D eigenvalue weighted by Crippen LogP contribution is -2.64. The van der Waals surface area contributed by atoms with Gasteiger partial charge in [0, 0.05) is 40.2 Å². The average Bonchev–Trinajstić information content (AvgIpc) is 3.17. The predicted molar refractivity (Wildman–Crippen MR) is 137 cm³/mol. The molecular weight excluding hydrogens is 590 g/mol. The Kier molecular flexibility index (Phi) is 8.95. The summed E-state index contributed by atoms with van der Waals surface area (Å²) in [6.07, 6.45) is -10.7. The Labute approximate surface area is 242 Å². The molecule has 2 aliphatic heterocycles. The number of alkyl halides is 6. The molecule has 0 spiro atoms. The molecule has 0 radical (unpaired) electrons. The number of hydrogen-bond donors (Lipinski definition) is 2. The minimum Gasteiger partial charge on any atom is -0.452 e. The average molecular weight is 621 g/mol. The van der Waals surface area contributed by atoms with E-state index in [2.05, 4.69) is 4.74 Å². The van der Waals surface area contributed by atoms with E-state index in [9.17, 15) is 36.2 Å². The molecule has 2 aromatic carbocycles. The van der Waals surface area contributed by atoms with Gasteiger partial charge in [-0.05, 0) is 29.8 Å². The van der Waals surface area contributed by atoms with Crippen molar-refractivity contribution in [3.8, 4) is 11.5 Å². The van der Waals surface area contributed by atoms with Gasteiger partial charge in [0.25, 0.3) is 12.3 Å². The minimum absolute atomic E-state index is 0.00374. The van der Waals surface area contributed by atoms with Gasteiger partial charge in [0.2, 0.25) is 5.85 Å². The van der Waals surface area contributed by atoms with Gasteiger partial charge in [-0.25, -0.2) is 0 Å². The molecule has 0 saturated carbocycles. The second-order valence-electron chi connectivity index (χ2n) is 9.90. The van der Waals surface area contributed by atoms with Crippen molar-refractivity contribution in [1.82, 2.24) is 19.6 Å². The summed E-state index contributed by atoms with van der Waals surface area (Å²) in [4.78, 5) is 19.4. The Morgan fingerprint density at radius 2 is 1.63 bits per heavy atom. The van der Waals surface area contributed by atoms with Crippen LogP contribution in [-0.2, 0) is 22.3 Å². The first kappa shape index (κ1) is 32.0. The molecule has 4 rings (SSSR count). The molecule has 236 valence electrons. The van der Waals surface area contributed by atoms with Crippen molar-refractivity contribution in [3.63, 3.8) is 0 Å². The zero-order valence-corrected chi connectivity index (χ0v) is 23.3. The molecule has 2 unspecified atom stereocenters. The number of aliphatic hydroxyl groups excluding tert-OH is 1. The normalized spacial score (nSPS) is 21.1. The fraction of sp³-hybridized carbons (Fsp3) is 0.444. The van der Waals surface area contributed by atoms with Crippen LogP contribution in [-0.4, -0.2) is 94.7 Å². The van der Waals surface area contributed by atoms with Crippen molar-refractivity contribution in [2.75, 3.05) is 40.5 Å². The first-order chi connectivity index (χ1) is 20.0. The molecule has 0 aromatic heterocycles. The maximum Gasteiger partial charge on any atom is 0.573 e. The Morgan fingerprint density at radius 3 is 2.23 bits per heavy atom. The van der Waals surface area contributed by atoms with Crippen molar-refractivity contribution in [2.45, 2.75) is 38.2 Å². The van der Waals surface area contributed by atoms with Crippen molar-refractivity contribution in [2.24, 2.45) is 0 Å². The zero-order valence-electron chi connectivity index (χ0n) is 23.3. The number of nitrogens with zero attached hydrogens (tertiary/aromatic N) is 4. The summed E-state index contributed by atoms with van der Waals surface area (Å²) in [7, 11) is 3.04. The largest absolute Gasteiger partial charge is 0.573 e. The first-order valence-corrected chi connectivity index (χ1v) is 12.9. The number of carbonyl (C=O) groups is 1. The van der Waals surface area contributed by atoms with Gasteiger partial charge in [0.05, 0.1) is 25.4 Å². The highest BCUT2D eigenvalue weighted by Gasteiger charge is 2.54. The van der Waals surface area contributed by atoms with Crippen molar-refractivity contribution < 1.29 is 55.6 Å². The summed E-state index contributed by atoms with van der Waals surface area (Å²) in [6, 6.07) is 8.99. The van der Waals surface area contributed by atoms with E-state index < -0.39 is 42.0 Å². The maximum absolute atomic E-state index is 13.9. The van der Waals surface area contributed by atoms with E-state index in [0.717, 1.165) is 29.2 Å². The van der Waals surface area contributed by atoms with Gasteiger partial charge in [-0.15, -0.1) is 13.2 Å². The topological polar surface area (TPSA) is 98.2 Å². The second kappa shape index (κ2) is 12.0. The summed E-state index contributed by atoms with van der Waals surface area (Å²) in [5.74, 6) is -2.95. The number of rotatable bonds is 10. The third kappa shape index (κ3) is 6.86. The summed E-state index contributed by atoms with van der Waals surface area (Å²) in [5, 5.41) is 20.4. The lowest BCUT2D eigenvalue weighted by atomic mass is 10.1. The molecule has 2 N–H and O–H groups in total. The number of ether oxygens (including phenoxy) is 3. The standard InChI is InChI=1S/C27H30F6N4O6/c1-25(40)35(3)22-21(23(39)37(25)11-13-41-14-12-38)36(16-17-7-9-18(10-8-17)26(28,29)30)24(34(22)2)42-19-5-4-6-20(15-19)43-27(31,32)33/h4-10,15,24,38,40H,11-14,16H2,1-3H3. The van der Waals surface area contributed by atoms with Gasteiger partial charge in [-0.3, -0.25) is 9.69 Å². The van der Waals surface area contributed by atoms with E-state index in [4.69, 9.17) is 14.6 Å². The third-order valence-corrected chi connectivity index (χ3v) is 6.95. The van der Waals surface area contributed by atoms with Gasteiger partial charge in [-0.1, -0.05) is 18.2 Å². The number of halogens is 6. The quantitative estimate of drug-likeness (QED) is 0.306. The van der Waals surface area contributed by atoms with Crippen LogP contribution in [0.1, 0.15) is 18.1 Å². The number of hydrogen-bond acceptors (Lipinski definition) is 9. The summed E-state index contributed by atoms with van der Waals surface area (Å²) >= 11 is 0. The molecule has 16 heteroatoms. The van der Waals surface area contributed by atoms with E-state index in [1.54, 1.807) is 0 Å². The van der Waals surface area contributed by atoms with Crippen molar-refractivity contribution >= 4 is 5.91 Å². The molecule has 2 heterocycles. The van der Waals surface area contributed by atoms with Crippen LogP contribution in [0.3, 0.4) is 0 Å². The van der Waals surface area contributed by atoms with Crippen LogP contribution in [0, 0.1) is 0 Å². The molecule has 2 aromatic rings. The lowest BCUT2D eigenvalue weighted by Gasteiger charge is -2.48. The molecule has 0 saturated heterocycles. The Balaban J connectivity index is 1.72. The highest BCUT2D eigenvalue weighted by atomic mass is 19.4. The van der Waals surface area contributed by atoms with E-state index >= 15 is 0 Å². The van der Waals surface area contributed by atoms with Crippen LogP contribution >= 0.6 is 0 Å². The van der Waals surface area contributed by atoms with Crippen LogP contribution in [0.15, 0.2) is 60.0 Å². The molecule has 0 fully saturated rings. The molecule has 0 bridgehead atoms. The van der Waals surface area contributed by atoms with Crippen molar-refractivity contribution in [3.05, 3.63) is 71.2 Å². The number of carbonyl (C=O) groups excluding carboxylic acids is 1. The monoisotopic (exact) mass is 620 g/mol. The van der Waals surface area contributed by atoms with Gasteiger partial charge < -0.3 is 39.1 Å². The minimum atomic E-state index is -4.96. The van der Waals surface area contributed by atoms with Crippen LogP contribution in [0.25, 0.3) is 0 Å². The molecule has 0 aliphatic carbocycles. The SMILES string of the molecule is CN1C2=C(C(=O)N(CCOCCO)C(C)(O)N2C)N(Cc2ccc(C(F)(F)F)cc2)C1Oc1cccc(OC(F)(F)F)c1. The van der Waals surface area contributed by atoms with Crippen LogP contribution < -0.4 is 9.47 Å². The Hall–Kier alpha value is -3.89. The van der Waals surface area contributed by atoms with E-state index in [1.807, 2.05) is 0 Å². The number of amides is 1. The zero-order chi connectivity index (χ0) is 31.7. The first-order valence-electron chi connectivity index (χ1n) is 12.9. The molecule has 2 atom stereocenters. The summed E-state index contributed by atoms with van der Waals surface area (Å²) in [6.45, 7) is 0.859. The predicted octanol–water partition coefficient (Wildman–Crippen LogP) is 3.33. The number of benzene rings is 2. The van der Waals surface area contributed by atoms with Crippen LogP contribution in [0.2, 0.25) is 0 Å². The third-order valence-electron chi connectivity index (χ3n) is 6.95. The molecule has 43 heavy (non-hydrogen) atoms.